The average Bonchev–Trinajstić information content (AvgIpc) is 2.73. The summed E-state index contributed by atoms with van der Waals surface area (Å²) in [6.07, 6.45) is 1.75. The first-order valence-electron chi connectivity index (χ1n) is 8.90. The molecular weight excluding hydrogens is 342 g/mol. The van der Waals surface area contributed by atoms with Crippen LogP contribution in [0.3, 0.4) is 0 Å². The maximum Gasteiger partial charge on any atom is 0.315 e. The summed E-state index contributed by atoms with van der Waals surface area (Å²) < 4.78 is 16.2. The maximum atomic E-state index is 12.2. The summed E-state index contributed by atoms with van der Waals surface area (Å²) in [7, 11) is 1.39. The van der Waals surface area contributed by atoms with Crippen LogP contribution in [0, 0.1) is 0 Å². The van der Waals surface area contributed by atoms with Gasteiger partial charge < -0.3 is 14.2 Å². The fraction of sp³-hybridized carbons (Fsp3) is 0.273. The molecular formula is C22H23NO4. The monoisotopic (exact) mass is 365 g/mol. The van der Waals surface area contributed by atoms with E-state index < -0.39 is 5.92 Å². The van der Waals surface area contributed by atoms with Crippen molar-refractivity contribution >= 4 is 16.9 Å². The molecule has 0 fully saturated rings. The van der Waals surface area contributed by atoms with E-state index in [0.717, 1.165) is 22.0 Å². The normalized spacial score (nSPS) is 12.0. The van der Waals surface area contributed by atoms with E-state index >= 15 is 0 Å². The minimum atomic E-state index is -0.478. The van der Waals surface area contributed by atoms with Crippen LogP contribution in [0.2, 0.25) is 0 Å². The van der Waals surface area contributed by atoms with Crippen LogP contribution in [0.25, 0.3) is 10.9 Å². The number of ether oxygens (including phenoxy) is 3. The lowest BCUT2D eigenvalue weighted by Gasteiger charge is -2.16. The molecule has 5 heteroatoms. The Labute approximate surface area is 158 Å². The third kappa shape index (κ3) is 5.36. The number of aromatic nitrogens is 1. The number of esters is 1. The Morgan fingerprint density at radius 2 is 1.81 bits per heavy atom. The lowest BCUT2D eigenvalue weighted by atomic mass is 9.98. The van der Waals surface area contributed by atoms with Crippen molar-refractivity contribution in [1.82, 2.24) is 4.98 Å². The molecule has 0 aliphatic rings. The molecule has 140 valence electrons. The molecule has 3 rings (SSSR count). The first-order chi connectivity index (χ1) is 13.3. The largest absolute Gasteiger partial charge is 0.468 e. The molecule has 27 heavy (non-hydrogen) atoms. The predicted molar refractivity (Wildman–Crippen MR) is 103 cm³/mol. The minimum absolute atomic E-state index is 0.243. The number of benzene rings is 2. The molecule has 2 aromatic carbocycles. The molecule has 0 saturated carbocycles. The highest BCUT2D eigenvalue weighted by molar-refractivity contribution is 5.83. The van der Waals surface area contributed by atoms with E-state index in [1.807, 2.05) is 60.7 Å². The maximum absolute atomic E-state index is 12.2. The first kappa shape index (κ1) is 19.0. The highest BCUT2D eigenvalue weighted by atomic mass is 16.5. The van der Waals surface area contributed by atoms with E-state index in [1.54, 1.807) is 6.20 Å². The third-order valence-electron chi connectivity index (χ3n) is 4.28. The van der Waals surface area contributed by atoms with Crippen molar-refractivity contribution in [2.75, 3.05) is 26.9 Å². The van der Waals surface area contributed by atoms with Crippen LogP contribution < -0.4 is 0 Å². The Hall–Kier alpha value is -2.76. The van der Waals surface area contributed by atoms with E-state index in [2.05, 4.69) is 4.98 Å². The van der Waals surface area contributed by atoms with Gasteiger partial charge in [0.15, 0.2) is 0 Å². The average molecular weight is 365 g/mol. The summed E-state index contributed by atoms with van der Waals surface area (Å²) in [5.74, 6) is -0.794. The highest BCUT2D eigenvalue weighted by Gasteiger charge is 2.22. The van der Waals surface area contributed by atoms with Crippen LogP contribution >= 0.6 is 0 Å². The van der Waals surface area contributed by atoms with E-state index in [1.165, 1.54) is 7.11 Å². The molecule has 5 nitrogen and oxygen atoms in total. The van der Waals surface area contributed by atoms with Gasteiger partial charge in [0.1, 0.15) is 5.92 Å². The van der Waals surface area contributed by atoms with Crippen LogP contribution in [-0.4, -0.2) is 37.9 Å². The molecule has 3 aromatic rings. The van der Waals surface area contributed by atoms with E-state index in [-0.39, 0.29) is 12.6 Å². The molecule has 1 aromatic heterocycles. The molecule has 0 aliphatic carbocycles. The van der Waals surface area contributed by atoms with Gasteiger partial charge in [0.05, 0.1) is 39.1 Å². The molecule has 0 aliphatic heterocycles. The molecule has 0 amide bonds. The van der Waals surface area contributed by atoms with Crippen LogP contribution in [0.5, 0.6) is 0 Å². The molecule has 0 saturated heterocycles. The second kappa shape index (κ2) is 9.80. The predicted octanol–water partition coefficient (Wildman–Crippen LogP) is 3.72. The van der Waals surface area contributed by atoms with Crippen LogP contribution in [0.1, 0.15) is 17.0 Å². The highest BCUT2D eigenvalue weighted by Crippen LogP contribution is 2.22. The minimum Gasteiger partial charge on any atom is -0.468 e. The van der Waals surface area contributed by atoms with Crippen LogP contribution in [0.4, 0.5) is 0 Å². The van der Waals surface area contributed by atoms with E-state index in [4.69, 9.17) is 14.2 Å². The summed E-state index contributed by atoms with van der Waals surface area (Å²) in [6, 6.07) is 19.6. The lowest BCUT2D eigenvalue weighted by Crippen LogP contribution is -2.21. The number of hydrogen-bond donors (Lipinski definition) is 0. The summed E-state index contributed by atoms with van der Waals surface area (Å²) in [5, 5.41) is 0.982. The zero-order valence-electron chi connectivity index (χ0n) is 15.3. The zero-order chi connectivity index (χ0) is 18.9. The Morgan fingerprint density at radius 3 is 2.63 bits per heavy atom. The molecule has 0 radical (unpaired) electrons. The molecule has 0 N–H and O–H groups in total. The van der Waals surface area contributed by atoms with Crippen molar-refractivity contribution in [3.8, 4) is 0 Å². The summed E-state index contributed by atoms with van der Waals surface area (Å²) in [6.45, 7) is 1.66. The standard InChI is InChI=1S/C22H23NO4/c1-25-22(24)20(18-9-10-21-19(14-18)8-5-11-23-21)16-27-13-12-26-15-17-6-3-2-4-7-17/h2-11,14,20H,12-13,15-16H2,1H3. The zero-order valence-corrected chi connectivity index (χ0v) is 15.3. The Kier molecular flexibility index (Phi) is 6.90. The van der Waals surface area contributed by atoms with Gasteiger partial charge in [-0.05, 0) is 29.3 Å². The molecule has 1 atom stereocenters. The SMILES string of the molecule is COC(=O)C(COCCOCc1ccccc1)c1ccc2ncccc2c1. The molecule has 0 bridgehead atoms. The number of methoxy groups -OCH3 is 1. The summed E-state index contributed by atoms with van der Waals surface area (Å²) >= 11 is 0. The summed E-state index contributed by atoms with van der Waals surface area (Å²) in [5.41, 5.74) is 2.86. The number of nitrogens with zero attached hydrogens (tertiary/aromatic N) is 1. The Bertz CT molecular complexity index is 866. The topological polar surface area (TPSA) is 57.7 Å². The van der Waals surface area contributed by atoms with Gasteiger partial charge in [0.2, 0.25) is 0 Å². The van der Waals surface area contributed by atoms with Gasteiger partial charge in [-0.2, -0.15) is 0 Å². The van der Waals surface area contributed by atoms with Crippen molar-refractivity contribution in [3.05, 3.63) is 78.0 Å². The number of rotatable bonds is 9. The lowest BCUT2D eigenvalue weighted by molar-refractivity contribution is -0.144. The van der Waals surface area contributed by atoms with Gasteiger partial charge >= 0.3 is 5.97 Å². The van der Waals surface area contributed by atoms with Gasteiger partial charge in [-0.25, -0.2) is 0 Å². The van der Waals surface area contributed by atoms with Crippen molar-refractivity contribution in [1.29, 1.82) is 0 Å². The van der Waals surface area contributed by atoms with Gasteiger partial charge in [-0.3, -0.25) is 9.78 Å². The second-order valence-corrected chi connectivity index (χ2v) is 6.14. The molecule has 1 heterocycles. The van der Waals surface area contributed by atoms with Crippen molar-refractivity contribution in [3.63, 3.8) is 0 Å². The van der Waals surface area contributed by atoms with E-state index in [9.17, 15) is 4.79 Å². The number of carbonyl (C=O) groups is 1. The number of fused-ring (bicyclic) bond motifs is 1. The number of pyridine rings is 1. The molecule has 1 unspecified atom stereocenters. The summed E-state index contributed by atoms with van der Waals surface area (Å²) in [4.78, 5) is 16.5. The second-order valence-electron chi connectivity index (χ2n) is 6.14. The fourth-order valence-electron chi connectivity index (χ4n) is 2.84. The van der Waals surface area contributed by atoms with Gasteiger partial charge in [0, 0.05) is 11.6 Å². The van der Waals surface area contributed by atoms with E-state index in [0.29, 0.717) is 19.8 Å². The van der Waals surface area contributed by atoms with Gasteiger partial charge in [-0.15, -0.1) is 0 Å². The number of carbonyl (C=O) groups excluding carboxylic acids is 1. The van der Waals surface area contributed by atoms with Crippen molar-refractivity contribution in [2.24, 2.45) is 0 Å². The fourth-order valence-corrected chi connectivity index (χ4v) is 2.84. The van der Waals surface area contributed by atoms with Crippen molar-refractivity contribution in [2.45, 2.75) is 12.5 Å². The quantitative estimate of drug-likeness (QED) is 0.427. The smallest absolute Gasteiger partial charge is 0.315 e. The van der Waals surface area contributed by atoms with Crippen LogP contribution in [-0.2, 0) is 25.6 Å². The van der Waals surface area contributed by atoms with Crippen molar-refractivity contribution < 1.29 is 19.0 Å². The van der Waals surface area contributed by atoms with Crippen LogP contribution in [0.15, 0.2) is 66.9 Å². The third-order valence-corrected chi connectivity index (χ3v) is 4.28. The number of hydrogen-bond acceptors (Lipinski definition) is 5. The van der Waals surface area contributed by atoms with Gasteiger partial charge in [0.25, 0.3) is 0 Å². The molecule has 0 spiro atoms. The first-order valence-corrected chi connectivity index (χ1v) is 8.90. The Morgan fingerprint density at radius 1 is 1.00 bits per heavy atom. The van der Waals surface area contributed by atoms with Gasteiger partial charge in [-0.1, -0.05) is 42.5 Å². The Balaban J connectivity index is 1.53.